The van der Waals surface area contributed by atoms with Crippen molar-refractivity contribution in [2.24, 2.45) is 0 Å². The molecule has 0 aromatic heterocycles. The number of nitrogens with zero attached hydrogens (tertiary/aromatic N) is 2. The van der Waals surface area contributed by atoms with Crippen molar-refractivity contribution in [2.75, 3.05) is 11.9 Å². The van der Waals surface area contributed by atoms with E-state index in [4.69, 9.17) is 5.26 Å². The predicted octanol–water partition coefficient (Wildman–Crippen LogP) is 2.68. The van der Waals surface area contributed by atoms with E-state index in [1.54, 1.807) is 42.5 Å². The van der Waals surface area contributed by atoms with Gasteiger partial charge in [0, 0.05) is 24.7 Å². The van der Waals surface area contributed by atoms with Gasteiger partial charge in [-0.05, 0) is 30.3 Å². The summed E-state index contributed by atoms with van der Waals surface area (Å²) < 4.78 is 13.7. The number of nitrogens with one attached hydrogen (secondary N) is 1. The molecular formula is C18H16FN3O2. The van der Waals surface area contributed by atoms with Gasteiger partial charge in [-0.3, -0.25) is 9.59 Å². The van der Waals surface area contributed by atoms with Crippen LogP contribution in [0.1, 0.15) is 18.1 Å². The Labute approximate surface area is 139 Å². The molecular weight excluding hydrogens is 309 g/mol. The molecule has 0 radical (unpaired) electrons. The third-order valence-electron chi connectivity index (χ3n) is 3.40. The molecule has 2 amide bonds. The van der Waals surface area contributed by atoms with Gasteiger partial charge >= 0.3 is 0 Å². The molecule has 0 heterocycles. The number of nitriles is 1. The molecule has 122 valence electrons. The Morgan fingerprint density at radius 2 is 1.83 bits per heavy atom. The summed E-state index contributed by atoms with van der Waals surface area (Å²) in [6.07, 6.45) is 0. The molecule has 0 aliphatic carbocycles. The molecule has 0 aliphatic heterocycles. The molecule has 0 unspecified atom stereocenters. The Kier molecular flexibility index (Phi) is 5.63. The molecule has 24 heavy (non-hydrogen) atoms. The number of anilines is 1. The molecule has 0 bridgehead atoms. The number of carbonyl (C=O) groups excluding carboxylic acids is 2. The monoisotopic (exact) mass is 325 g/mol. The van der Waals surface area contributed by atoms with Crippen LogP contribution in [0.15, 0.2) is 48.5 Å². The van der Waals surface area contributed by atoms with Gasteiger partial charge in [0.1, 0.15) is 12.4 Å². The molecule has 0 aliphatic rings. The summed E-state index contributed by atoms with van der Waals surface area (Å²) in [6.45, 7) is 1.16. The third-order valence-corrected chi connectivity index (χ3v) is 3.40. The molecule has 0 saturated carbocycles. The first kappa shape index (κ1) is 17.2. The van der Waals surface area contributed by atoms with Gasteiger partial charge in [0.15, 0.2) is 0 Å². The van der Waals surface area contributed by atoms with E-state index in [2.05, 4.69) is 5.32 Å². The van der Waals surface area contributed by atoms with Crippen LogP contribution in [0, 0.1) is 17.1 Å². The molecule has 0 saturated heterocycles. The fraction of sp³-hybridized carbons (Fsp3) is 0.167. The maximum Gasteiger partial charge on any atom is 0.244 e. The largest absolute Gasteiger partial charge is 0.329 e. The average Bonchev–Trinajstić information content (AvgIpc) is 2.56. The second-order valence-electron chi connectivity index (χ2n) is 5.20. The van der Waals surface area contributed by atoms with Crippen molar-refractivity contribution < 1.29 is 14.0 Å². The van der Waals surface area contributed by atoms with Crippen molar-refractivity contribution >= 4 is 17.5 Å². The smallest absolute Gasteiger partial charge is 0.244 e. The summed E-state index contributed by atoms with van der Waals surface area (Å²) in [5.74, 6) is -1.14. The summed E-state index contributed by atoms with van der Waals surface area (Å²) in [5, 5.41) is 11.4. The number of carbonyl (C=O) groups is 2. The van der Waals surface area contributed by atoms with Crippen LogP contribution < -0.4 is 5.32 Å². The summed E-state index contributed by atoms with van der Waals surface area (Å²) in [7, 11) is 0. The highest BCUT2D eigenvalue weighted by Crippen LogP contribution is 2.12. The van der Waals surface area contributed by atoms with E-state index in [0.717, 1.165) is 0 Å². The Balaban J connectivity index is 2.01. The van der Waals surface area contributed by atoms with Gasteiger partial charge in [0.25, 0.3) is 0 Å². The number of halogens is 1. The Morgan fingerprint density at radius 1 is 1.17 bits per heavy atom. The maximum atomic E-state index is 13.7. The van der Waals surface area contributed by atoms with Crippen molar-refractivity contribution in [2.45, 2.75) is 13.5 Å². The summed E-state index contributed by atoms with van der Waals surface area (Å²) in [6, 6.07) is 14.5. The van der Waals surface area contributed by atoms with Gasteiger partial charge in [-0.15, -0.1) is 0 Å². The molecule has 2 aromatic rings. The fourth-order valence-electron chi connectivity index (χ4n) is 2.11. The summed E-state index contributed by atoms with van der Waals surface area (Å²) in [5.41, 5.74) is 1.35. The van der Waals surface area contributed by atoms with Crippen molar-refractivity contribution in [1.29, 1.82) is 5.26 Å². The van der Waals surface area contributed by atoms with Crippen molar-refractivity contribution in [3.8, 4) is 6.07 Å². The van der Waals surface area contributed by atoms with Gasteiger partial charge in [0.05, 0.1) is 11.6 Å². The number of benzene rings is 2. The maximum absolute atomic E-state index is 13.7. The lowest BCUT2D eigenvalue weighted by Gasteiger charge is -2.21. The zero-order valence-electron chi connectivity index (χ0n) is 13.1. The van der Waals surface area contributed by atoms with Crippen molar-refractivity contribution in [1.82, 2.24) is 4.90 Å². The molecule has 1 N–H and O–H groups in total. The minimum atomic E-state index is -0.420. The standard InChI is InChI=1S/C18H16FN3O2/c1-13(23)22(11-15-4-2-3-5-17(15)19)12-18(24)21-16-8-6-14(10-20)7-9-16/h2-9H,11-12H2,1H3,(H,21,24). The number of hydrogen-bond donors (Lipinski definition) is 1. The molecule has 0 spiro atoms. The molecule has 0 atom stereocenters. The van der Waals surface area contributed by atoms with E-state index in [9.17, 15) is 14.0 Å². The van der Waals surface area contributed by atoms with Crippen LogP contribution in [0.3, 0.4) is 0 Å². The Morgan fingerprint density at radius 3 is 2.42 bits per heavy atom. The normalized spacial score (nSPS) is 9.88. The third kappa shape index (κ3) is 4.65. The zero-order chi connectivity index (χ0) is 17.5. The van der Waals surface area contributed by atoms with Gasteiger partial charge in [-0.1, -0.05) is 18.2 Å². The van der Waals surface area contributed by atoms with Crippen LogP contribution in [-0.2, 0) is 16.1 Å². The van der Waals surface area contributed by atoms with E-state index in [0.29, 0.717) is 16.8 Å². The van der Waals surface area contributed by atoms with Crippen LogP contribution in [0.2, 0.25) is 0 Å². The zero-order valence-corrected chi connectivity index (χ0v) is 13.1. The minimum absolute atomic E-state index is 0.0167. The first-order chi connectivity index (χ1) is 11.5. The van der Waals surface area contributed by atoms with Crippen molar-refractivity contribution in [3.63, 3.8) is 0 Å². The van der Waals surface area contributed by atoms with Gasteiger partial charge in [0.2, 0.25) is 11.8 Å². The lowest BCUT2D eigenvalue weighted by atomic mass is 10.2. The van der Waals surface area contributed by atoms with E-state index in [-0.39, 0.29) is 19.0 Å². The second-order valence-corrected chi connectivity index (χ2v) is 5.20. The lowest BCUT2D eigenvalue weighted by molar-refractivity contribution is -0.133. The molecule has 2 aromatic carbocycles. The van der Waals surface area contributed by atoms with E-state index in [1.165, 1.54) is 17.9 Å². The Bertz CT molecular complexity index is 782. The highest BCUT2D eigenvalue weighted by molar-refractivity contribution is 5.94. The quantitative estimate of drug-likeness (QED) is 0.918. The molecule has 5 nitrogen and oxygen atoms in total. The van der Waals surface area contributed by atoms with E-state index >= 15 is 0 Å². The fourth-order valence-corrected chi connectivity index (χ4v) is 2.11. The van der Waals surface area contributed by atoms with Gasteiger partial charge in [-0.2, -0.15) is 5.26 Å². The highest BCUT2D eigenvalue weighted by Gasteiger charge is 2.16. The van der Waals surface area contributed by atoms with Crippen LogP contribution in [-0.4, -0.2) is 23.3 Å². The van der Waals surface area contributed by atoms with Gasteiger partial charge < -0.3 is 10.2 Å². The number of amides is 2. The SMILES string of the molecule is CC(=O)N(CC(=O)Nc1ccc(C#N)cc1)Cc1ccccc1F. The van der Waals surface area contributed by atoms with Gasteiger partial charge in [-0.25, -0.2) is 4.39 Å². The van der Waals surface area contributed by atoms with E-state index in [1.807, 2.05) is 6.07 Å². The summed E-state index contributed by atoms with van der Waals surface area (Å²) >= 11 is 0. The lowest BCUT2D eigenvalue weighted by Crippen LogP contribution is -2.36. The first-order valence-corrected chi connectivity index (χ1v) is 7.28. The molecule has 2 rings (SSSR count). The predicted molar refractivity (Wildman–Crippen MR) is 87.3 cm³/mol. The van der Waals surface area contributed by atoms with E-state index < -0.39 is 11.7 Å². The Hall–Kier alpha value is -3.20. The minimum Gasteiger partial charge on any atom is -0.329 e. The van der Waals surface area contributed by atoms with Crippen molar-refractivity contribution in [3.05, 3.63) is 65.5 Å². The van der Waals surface area contributed by atoms with Crippen LogP contribution in [0.25, 0.3) is 0 Å². The topological polar surface area (TPSA) is 73.2 Å². The second kappa shape index (κ2) is 7.88. The molecule has 0 fully saturated rings. The first-order valence-electron chi connectivity index (χ1n) is 7.28. The molecule has 6 heteroatoms. The number of hydrogen-bond acceptors (Lipinski definition) is 3. The highest BCUT2D eigenvalue weighted by atomic mass is 19.1. The van der Waals surface area contributed by atoms with Crippen LogP contribution in [0.5, 0.6) is 0 Å². The number of rotatable bonds is 5. The van der Waals surface area contributed by atoms with Crippen LogP contribution >= 0.6 is 0 Å². The van der Waals surface area contributed by atoms with Crippen LogP contribution in [0.4, 0.5) is 10.1 Å². The average molecular weight is 325 g/mol. The summed E-state index contributed by atoms with van der Waals surface area (Å²) in [4.78, 5) is 25.1.